The number of hydrogen-bond acceptors (Lipinski definition) is 4. The number of anilines is 1. The van der Waals surface area contributed by atoms with Crippen molar-refractivity contribution in [2.45, 2.75) is 25.8 Å². The van der Waals surface area contributed by atoms with E-state index >= 15 is 0 Å². The first kappa shape index (κ1) is 18.6. The molecule has 0 aliphatic heterocycles. The van der Waals surface area contributed by atoms with Crippen LogP contribution in [-0.4, -0.2) is 22.4 Å². The Labute approximate surface area is 159 Å². The Balaban J connectivity index is 1.51. The van der Waals surface area contributed by atoms with Crippen LogP contribution >= 0.6 is 0 Å². The normalized spacial score (nSPS) is 11.6. The second kappa shape index (κ2) is 9.48. The Hall–Kier alpha value is -3.21. The topological polar surface area (TPSA) is 66.9 Å². The summed E-state index contributed by atoms with van der Waals surface area (Å²) in [4.78, 5) is 20.6. The molecule has 5 heteroatoms. The molecule has 0 bridgehead atoms. The van der Waals surface area contributed by atoms with Gasteiger partial charge in [-0.05, 0) is 30.9 Å². The molecule has 2 aromatic carbocycles. The van der Waals surface area contributed by atoms with Crippen LogP contribution < -0.4 is 10.6 Å². The van der Waals surface area contributed by atoms with E-state index in [1.807, 2.05) is 36.4 Å². The second-order valence-electron chi connectivity index (χ2n) is 6.41. The minimum Gasteiger partial charge on any atom is -0.363 e. The van der Waals surface area contributed by atoms with Crippen LogP contribution in [0.3, 0.4) is 0 Å². The third kappa shape index (κ3) is 5.64. The fourth-order valence-corrected chi connectivity index (χ4v) is 2.84. The van der Waals surface area contributed by atoms with Crippen LogP contribution in [0.2, 0.25) is 0 Å². The van der Waals surface area contributed by atoms with E-state index in [-0.39, 0.29) is 11.9 Å². The fraction of sp³-hybridized carbons (Fsp3) is 0.227. The van der Waals surface area contributed by atoms with Crippen molar-refractivity contribution in [3.05, 3.63) is 89.9 Å². The molecule has 138 valence electrons. The fourth-order valence-electron chi connectivity index (χ4n) is 2.84. The smallest absolute Gasteiger partial charge is 0.270 e. The van der Waals surface area contributed by atoms with E-state index in [1.165, 1.54) is 11.9 Å². The van der Waals surface area contributed by atoms with Gasteiger partial charge in [-0.2, -0.15) is 0 Å². The lowest BCUT2D eigenvalue weighted by molar-refractivity contribution is 0.0948. The summed E-state index contributed by atoms with van der Waals surface area (Å²) in [5.74, 6) is 0.455. The van der Waals surface area contributed by atoms with Crippen molar-refractivity contribution >= 4 is 11.7 Å². The van der Waals surface area contributed by atoms with Gasteiger partial charge in [-0.1, -0.05) is 60.7 Å². The highest BCUT2D eigenvalue weighted by molar-refractivity contribution is 5.92. The molecule has 0 aliphatic rings. The number of rotatable bonds is 8. The molecule has 0 aliphatic carbocycles. The SMILES string of the molecule is CC(Nc1cc(C(=O)NCCCc2ccccc2)ncn1)c1ccccc1. The van der Waals surface area contributed by atoms with Gasteiger partial charge in [-0.25, -0.2) is 9.97 Å². The quantitative estimate of drug-likeness (QED) is 0.596. The molecule has 3 rings (SSSR count). The van der Waals surface area contributed by atoms with E-state index in [9.17, 15) is 4.79 Å². The van der Waals surface area contributed by atoms with Gasteiger partial charge in [0.2, 0.25) is 0 Å². The average Bonchev–Trinajstić information content (AvgIpc) is 2.72. The molecule has 0 radical (unpaired) electrons. The summed E-state index contributed by atoms with van der Waals surface area (Å²) in [6.07, 6.45) is 3.24. The van der Waals surface area contributed by atoms with Gasteiger partial charge in [0.25, 0.3) is 5.91 Å². The predicted octanol–water partition coefficient (Wildman–Crippen LogP) is 4.01. The first-order valence-electron chi connectivity index (χ1n) is 9.18. The molecular weight excluding hydrogens is 336 g/mol. The zero-order chi connectivity index (χ0) is 18.9. The number of carbonyl (C=O) groups excluding carboxylic acids is 1. The van der Waals surface area contributed by atoms with Crippen LogP contribution in [0.1, 0.15) is 41.0 Å². The summed E-state index contributed by atoms with van der Waals surface area (Å²) in [6, 6.07) is 22.1. The number of carbonyl (C=O) groups is 1. The van der Waals surface area contributed by atoms with Crippen molar-refractivity contribution in [3.8, 4) is 0 Å². The summed E-state index contributed by atoms with van der Waals surface area (Å²) in [7, 11) is 0. The van der Waals surface area contributed by atoms with E-state index in [0.29, 0.717) is 18.1 Å². The highest BCUT2D eigenvalue weighted by Gasteiger charge is 2.10. The summed E-state index contributed by atoms with van der Waals surface area (Å²) in [6.45, 7) is 2.67. The van der Waals surface area contributed by atoms with Gasteiger partial charge >= 0.3 is 0 Å². The Morgan fingerprint density at radius 2 is 1.70 bits per heavy atom. The standard InChI is InChI=1S/C22H24N4O/c1-17(19-12-6-3-7-13-19)26-21-15-20(24-16-25-21)22(27)23-14-8-11-18-9-4-2-5-10-18/h2-7,9-10,12-13,15-17H,8,11,14H2,1H3,(H,23,27)(H,24,25,26). The zero-order valence-electron chi connectivity index (χ0n) is 15.4. The molecule has 1 amide bonds. The molecule has 1 heterocycles. The first-order valence-corrected chi connectivity index (χ1v) is 9.18. The Morgan fingerprint density at radius 1 is 1.00 bits per heavy atom. The monoisotopic (exact) mass is 360 g/mol. The maximum Gasteiger partial charge on any atom is 0.270 e. The van der Waals surface area contributed by atoms with Gasteiger partial charge in [0.1, 0.15) is 17.8 Å². The van der Waals surface area contributed by atoms with Crippen LogP contribution in [0.4, 0.5) is 5.82 Å². The van der Waals surface area contributed by atoms with Crippen LogP contribution in [-0.2, 0) is 6.42 Å². The van der Waals surface area contributed by atoms with Crippen molar-refractivity contribution in [1.82, 2.24) is 15.3 Å². The van der Waals surface area contributed by atoms with Crippen LogP contribution in [0.15, 0.2) is 73.1 Å². The number of nitrogens with zero attached hydrogens (tertiary/aromatic N) is 2. The molecule has 3 aromatic rings. The van der Waals surface area contributed by atoms with Crippen molar-refractivity contribution in [2.75, 3.05) is 11.9 Å². The number of hydrogen-bond donors (Lipinski definition) is 2. The van der Waals surface area contributed by atoms with E-state index in [2.05, 4.69) is 51.8 Å². The third-order valence-corrected chi connectivity index (χ3v) is 4.33. The van der Waals surface area contributed by atoms with Gasteiger partial charge in [-0.3, -0.25) is 4.79 Å². The molecule has 1 unspecified atom stereocenters. The Kier molecular flexibility index (Phi) is 6.52. The maximum absolute atomic E-state index is 12.3. The molecule has 2 N–H and O–H groups in total. The molecule has 0 saturated heterocycles. The van der Waals surface area contributed by atoms with Gasteiger partial charge in [0.05, 0.1) is 0 Å². The minimum atomic E-state index is -0.180. The first-order chi connectivity index (χ1) is 13.2. The van der Waals surface area contributed by atoms with Crippen molar-refractivity contribution in [2.24, 2.45) is 0 Å². The highest BCUT2D eigenvalue weighted by atomic mass is 16.1. The Bertz CT molecular complexity index is 852. The largest absolute Gasteiger partial charge is 0.363 e. The number of aromatic nitrogens is 2. The van der Waals surface area contributed by atoms with Gasteiger partial charge < -0.3 is 10.6 Å². The lowest BCUT2D eigenvalue weighted by Gasteiger charge is -2.15. The third-order valence-electron chi connectivity index (χ3n) is 4.33. The summed E-state index contributed by atoms with van der Waals surface area (Å²) in [5.41, 5.74) is 2.80. The summed E-state index contributed by atoms with van der Waals surface area (Å²) >= 11 is 0. The lowest BCUT2D eigenvalue weighted by Crippen LogP contribution is -2.26. The van der Waals surface area contributed by atoms with E-state index < -0.39 is 0 Å². The predicted molar refractivity (Wildman–Crippen MR) is 108 cm³/mol. The molecule has 1 atom stereocenters. The van der Waals surface area contributed by atoms with E-state index in [1.54, 1.807) is 6.07 Å². The molecular formula is C22H24N4O. The van der Waals surface area contributed by atoms with Gasteiger partial charge in [-0.15, -0.1) is 0 Å². The van der Waals surface area contributed by atoms with Gasteiger partial charge in [0, 0.05) is 18.7 Å². The summed E-state index contributed by atoms with van der Waals surface area (Å²) in [5, 5.41) is 6.24. The van der Waals surface area contributed by atoms with Crippen molar-refractivity contribution in [1.29, 1.82) is 0 Å². The Morgan fingerprint density at radius 3 is 2.44 bits per heavy atom. The number of aryl methyl sites for hydroxylation is 1. The van der Waals surface area contributed by atoms with Gasteiger partial charge in [0.15, 0.2) is 0 Å². The minimum absolute atomic E-state index is 0.0860. The summed E-state index contributed by atoms with van der Waals surface area (Å²) < 4.78 is 0. The zero-order valence-corrected chi connectivity index (χ0v) is 15.4. The molecule has 0 fully saturated rings. The molecule has 27 heavy (non-hydrogen) atoms. The highest BCUT2D eigenvalue weighted by Crippen LogP contribution is 2.17. The molecule has 0 spiro atoms. The average molecular weight is 360 g/mol. The van der Waals surface area contributed by atoms with Crippen LogP contribution in [0, 0.1) is 0 Å². The van der Waals surface area contributed by atoms with Crippen molar-refractivity contribution in [3.63, 3.8) is 0 Å². The maximum atomic E-state index is 12.3. The van der Waals surface area contributed by atoms with E-state index in [0.717, 1.165) is 18.4 Å². The number of nitrogens with one attached hydrogen (secondary N) is 2. The molecule has 5 nitrogen and oxygen atoms in total. The second-order valence-corrected chi connectivity index (χ2v) is 6.41. The van der Waals surface area contributed by atoms with Crippen molar-refractivity contribution < 1.29 is 4.79 Å². The number of benzene rings is 2. The molecule has 1 aromatic heterocycles. The van der Waals surface area contributed by atoms with E-state index in [4.69, 9.17) is 0 Å². The van der Waals surface area contributed by atoms with Crippen LogP contribution in [0.25, 0.3) is 0 Å². The lowest BCUT2D eigenvalue weighted by atomic mass is 10.1. The number of amides is 1. The molecule has 0 saturated carbocycles. The van der Waals surface area contributed by atoms with Crippen LogP contribution in [0.5, 0.6) is 0 Å².